The minimum absolute atomic E-state index is 0.0509. The van der Waals surface area contributed by atoms with Crippen LogP contribution in [0, 0.1) is 6.92 Å². The number of aryl methyl sites for hydroxylation is 1. The molecular formula is C30H37N3O2. The van der Waals surface area contributed by atoms with Crippen molar-refractivity contribution in [1.82, 2.24) is 9.78 Å². The van der Waals surface area contributed by atoms with Gasteiger partial charge in [-0.1, -0.05) is 68.4 Å². The van der Waals surface area contributed by atoms with Crippen molar-refractivity contribution >= 4 is 17.4 Å². The van der Waals surface area contributed by atoms with Gasteiger partial charge in [0.1, 0.15) is 5.82 Å². The Kier molecular flexibility index (Phi) is 6.72. The summed E-state index contributed by atoms with van der Waals surface area (Å²) < 4.78 is 2.01. The Bertz CT molecular complexity index is 1220. The van der Waals surface area contributed by atoms with Crippen LogP contribution in [-0.2, 0) is 11.0 Å². The van der Waals surface area contributed by atoms with E-state index in [0.29, 0.717) is 17.5 Å². The molecule has 1 atom stereocenters. The van der Waals surface area contributed by atoms with Gasteiger partial charge in [0.15, 0.2) is 11.6 Å². The maximum atomic E-state index is 14.0. The number of anilines is 1. The Morgan fingerprint density at radius 1 is 1.06 bits per heavy atom. The molecule has 0 spiro atoms. The molecule has 1 unspecified atom stereocenters. The minimum Gasteiger partial charge on any atom is -0.363 e. The molecule has 0 fully saturated rings. The van der Waals surface area contributed by atoms with E-state index in [1.807, 2.05) is 41.9 Å². The molecule has 0 bridgehead atoms. The monoisotopic (exact) mass is 471 g/mol. The smallest absolute Gasteiger partial charge is 0.169 e. The fourth-order valence-electron chi connectivity index (χ4n) is 5.59. The Balaban J connectivity index is 1.71. The molecule has 4 rings (SSSR count). The van der Waals surface area contributed by atoms with Gasteiger partial charge in [-0.05, 0) is 58.1 Å². The number of carbonyl (C=O) groups excluding carboxylic acids is 2. The molecule has 0 amide bonds. The molecule has 2 heterocycles. The number of carbonyl (C=O) groups is 2. The number of Topliss-reactive ketones (excluding diaryl/α,β-unsaturated/α-hetero) is 2. The Morgan fingerprint density at radius 3 is 2.26 bits per heavy atom. The highest BCUT2D eigenvalue weighted by molar-refractivity contribution is 6.02. The molecule has 1 aliphatic heterocycles. The van der Waals surface area contributed by atoms with Gasteiger partial charge in [-0.15, -0.1) is 0 Å². The quantitative estimate of drug-likeness (QED) is 0.359. The number of rotatable bonds is 8. The predicted octanol–water partition coefficient (Wildman–Crippen LogP) is 7.02. The van der Waals surface area contributed by atoms with Crippen LogP contribution in [0.5, 0.6) is 0 Å². The average molecular weight is 472 g/mol. The summed E-state index contributed by atoms with van der Waals surface area (Å²) in [5.74, 6) is 0.987. The summed E-state index contributed by atoms with van der Waals surface area (Å²) in [7, 11) is 0. The van der Waals surface area contributed by atoms with Crippen LogP contribution in [0.25, 0.3) is 0 Å². The van der Waals surface area contributed by atoms with Crippen molar-refractivity contribution < 1.29 is 9.59 Å². The van der Waals surface area contributed by atoms with Crippen LogP contribution in [0.4, 0.5) is 5.82 Å². The summed E-state index contributed by atoms with van der Waals surface area (Å²) in [6, 6.07) is 18.3. The second kappa shape index (κ2) is 9.44. The summed E-state index contributed by atoms with van der Waals surface area (Å²) in [5, 5.41) is 8.50. The van der Waals surface area contributed by atoms with Gasteiger partial charge in [0, 0.05) is 17.4 Å². The van der Waals surface area contributed by atoms with Crippen molar-refractivity contribution in [2.45, 2.75) is 84.2 Å². The van der Waals surface area contributed by atoms with Gasteiger partial charge in [-0.3, -0.25) is 9.59 Å². The second-order valence-corrected chi connectivity index (χ2v) is 10.6. The lowest BCUT2D eigenvalue weighted by Gasteiger charge is -2.38. The maximum Gasteiger partial charge on any atom is 0.169 e. The summed E-state index contributed by atoms with van der Waals surface area (Å²) in [4.78, 5) is 25.8. The van der Waals surface area contributed by atoms with Crippen LogP contribution in [0.2, 0.25) is 0 Å². The normalized spacial score (nSPS) is 16.9. The van der Waals surface area contributed by atoms with E-state index < -0.39 is 0 Å². The molecule has 5 nitrogen and oxygen atoms in total. The lowest BCUT2D eigenvalue weighted by molar-refractivity contribution is 0.0942. The van der Waals surface area contributed by atoms with E-state index in [-0.39, 0.29) is 28.6 Å². The van der Waals surface area contributed by atoms with Crippen LogP contribution < -0.4 is 5.32 Å². The number of hydrogen-bond donors (Lipinski definition) is 1. The van der Waals surface area contributed by atoms with Gasteiger partial charge < -0.3 is 5.32 Å². The molecule has 0 radical (unpaired) electrons. The molecule has 1 aliphatic rings. The van der Waals surface area contributed by atoms with E-state index in [1.165, 1.54) is 5.56 Å². The van der Waals surface area contributed by atoms with Gasteiger partial charge in [-0.25, -0.2) is 4.68 Å². The zero-order valence-electron chi connectivity index (χ0n) is 21.8. The van der Waals surface area contributed by atoms with E-state index in [2.05, 4.69) is 57.3 Å². The standard InChI is InChI=1S/C30H37N3O2/c1-7-30(8-2,24-16-14-22(15-17-24)21(4)34)19-26(35)27-20(3)32-33-28(27)31-25(18-29(33,5)6)23-12-10-9-11-13-23/h9-17,25,31H,7-8,18-19H2,1-6H3. The lowest BCUT2D eigenvalue weighted by Crippen LogP contribution is -2.38. The van der Waals surface area contributed by atoms with Crippen LogP contribution in [-0.4, -0.2) is 21.3 Å². The molecule has 1 N–H and O–H groups in total. The average Bonchev–Trinajstić information content (AvgIpc) is 3.20. The van der Waals surface area contributed by atoms with Crippen molar-refractivity contribution in [1.29, 1.82) is 0 Å². The molecule has 0 saturated carbocycles. The van der Waals surface area contributed by atoms with Gasteiger partial charge in [0.25, 0.3) is 0 Å². The topological polar surface area (TPSA) is 64.0 Å². The minimum atomic E-state index is -0.295. The molecule has 35 heavy (non-hydrogen) atoms. The highest BCUT2D eigenvalue weighted by Crippen LogP contribution is 2.43. The van der Waals surface area contributed by atoms with Crippen LogP contribution in [0.3, 0.4) is 0 Å². The molecule has 184 valence electrons. The number of nitrogens with zero attached hydrogens (tertiary/aromatic N) is 2. The summed E-state index contributed by atoms with van der Waals surface area (Å²) in [5.41, 5.74) is 3.97. The summed E-state index contributed by atoms with van der Waals surface area (Å²) in [6.07, 6.45) is 2.96. The van der Waals surface area contributed by atoms with Gasteiger partial charge >= 0.3 is 0 Å². The number of hydrogen-bond acceptors (Lipinski definition) is 4. The van der Waals surface area contributed by atoms with E-state index in [4.69, 9.17) is 5.10 Å². The number of fused-ring (bicyclic) bond motifs is 1. The van der Waals surface area contributed by atoms with E-state index >= 15 is 0 Å². The van der Waals surface area contributed by atoms with Crippen molar-refractivity contribution in [3.8, 4) is 0 Å². The Hall–Kier alpha value is -3.21. The maximum absolute atomic E-state index is 14.0. The summed E-state index contributed by atoms with van der Waals surface area (Å²) >= 11 is 0. The first-order chi connectivity index (χ1) is 16.6. The highest BCUT2D eigenvalue weighted by atomic mass is 16.1. The Labute approximate surface area is 208 Å². The molecular weight excluding hydrogens is 434 g/mol. The lowest BCUT2D eigenvalue weighted by atomic mass is 9.71. The van der Waals surface area contributed by atoms with Crippen LogP contribution in [0.1, 0.15) is 104 Å². The van der Waals surface area contributed by atoms with Gasteiger partial charge in [0.2, 0.25) is 0 Å². The third-order valence-electron chi connectivity index (χ3n) is 7.89. The van der Waals surface area contributed by atoms with Crippen molar-refractivity contribution in [3.05, 3.63) is 82.5 Å². The molecule has 0 saturated heterocycles. The number of nitrogens with one attached hydrogen (secondary N) is 1. The number of ketones is 2. The largest absolute Gasteiger partial charge is 0.363 e. The first kappa shape index (κ1) is 24.9. The van der Waals surface area contributed by atoms with Crippen LogP contribution in [0.15, 0.2) is 54.6 Å². The molecule has 2 aromatic carbocycles. The van der Waals surface area contributed by atoms with E-state index in [1.54, 1.807) is 6.92 Å². The molecule has 3 aromatic rings. The molecule has 5 heteroatoms. The second-order valence-electron chi connectivity index (χ2n) is 10.6. The third kappa shape index (κ3) is 4.56. The van der Waals surface area contributed by atoms with Crippen LogP contribution >= 0.6 is 0 Å². The zero-order chi connectivity index (χ0) is 25.4. The fraction of sp³-hybridized carbons (Fsp3) is 0.433. The third-order valence-corrected chi connectivity index (χ3v) is 7.89. The highest BCUT2D eigenvalue weighted by Gasteiger charge is 2.40. The zero-order valence-corrected chi connectivity index (χ0v) is 21.8. The number of benzene rings is 2. The SMILES string of the molecule is CCC(CC)(CC(=O)c1c(C)nn2c1NC(c1ccccc1)CC2(C)C)c1ccc(C(C)=O)cc1. The molecule has 0 aliphatic carbocycles. The predicted molar refractivity (Wildman–Crippen MR) is 141 cm³/mol. The fourth-order valence-corrected chi connectivity index (χ4v) is 5.59. The Morgan fingerprint density at radius 2 is 1.69 bits per heavy atom. The number of aromatic nitrogens is 2. The first-order valence-electron chi connectivity index (χ1n) is 12.7. The van der Waals surface area contributed by atoms with Crippen molar-refractivity contribution in [2.75, 3.05) is 5.32 Å². The van der Waals surface area contributed by atoms with Gasteiger partial charge in [-0.2, -0.15) is 5.10 Å². The first-order valence-corrected chi connectivity index (χ1v) is 12.7. The molecule has 1 aromatic heterocycles. The van der Waals surface area contributed by atoms with Crippen molar-refractivity contribution in [2.24, 2.45) is 0 Å². The van der Waals surface area contributed by atoms with Crippen molar-refractivity contribution in [3.63, 3.8) is 0 Å². The summed E-state index contributed by atoms with van der Waals surface area (Å²) in [6.45, 7) is 12.2. The van der Waals surface area contributed by atoms with Gasteiger partial charge in [0.05, 0.1) is 22.8 Å². The van der Waals surface area contributed by atoms with E-state index in [9.17, 15) is 9.59 Å². The van der Waals surface area contributed by atoms with E-state index in [0.717, 1.165) is 36.3 Å².